The van der Waals surface area contributed by atoms with Crippen molar-refractivity contribution >= 4 is 34.3 Å². The Morgan fingerprint density at radius 1 is 1.24 bits per heavy atom. The van der Waals surface area contributed by atoms with Crippen molar-refractivity contribution in [3.05, 3.63) is 54.7 Å². The van der Waals surface area contributed by atoms with Gasteiger partial charge in [0.2, 0.25) is 5.91 Å². The van der Waals surface area contributed by atoms with Gasteiger partial charge in [0.25, 0.3) is 0 Å². The van der Waals surface area contributed by atoms with Gasteiger partial charge in [-0.05, 0) is 37.3 Å². The average Bonchev–Trinajstić information content (AvgIpc) is 2.95. The van der Waals surface area contributed by atoms with Gasteiger partial charge in [-0.15, -0.1) is 11.8 Å². The second kappa shape index (κ2) is 6.01. The van der Waals surface area contributed by atoms with E-state index in [1.807, 2.05) is 55.5 Å². The normalized spacial score (nSPS) is 12.2. The monoisotopic (exact) mass is 297 g/mol. The van der Waals surface area contributed by atoms with Gasteiger partial charge in [-0.3, -0.25) is 9.89 Å². The molecule has 0 saturated carbocycles. The standard InChI is InChI=1S/C16H15N3OS/c1-11(21-14-5-3-2-4-6-14)16(20)18-13-7-8-15-12(9-13)10-17-19-15/h2-11H,1H3,(H,17,19)(H,18,20). The van der Waals surface area contributed by atoms with Crippen molar-refractivity contribution in [1.29, 1.82) is 0 Å². The molecule has 1 unspecified atom stereocenters. The summed E-state index contributed by atoms with van der Waals surface area (Å²) in [7, 11) is 0. The number of carbonyl (C=O) groups is 1. The predicted octanol–water partition coefficient (Wildman–Crippen LogP) is 3.68. The fourth-order valence-corrected chi connectivity index (χ4v) is 2.91. The maximum Gasteiger partial charge on any atom is 0.237 e. The molecule has 0 radical (unpaired) electrons. The fraction of sp³-hybridized carbons (Fsp3) is 0.125. The lowest BCUT2D eigenvalue weighted by atomic mass is 10.2. The summed E-state index contributed by atoms with van der Waals surface area (Å²) in [6.45, 7) is 1.91. The van der Waals surface area contributed by atoms with Gasteiger partial charge in [-0.2, -0.15) is 5.10 Å². The van der Waals surface area contributed by atoms with E-state index in [1.165, 1.54) is 0 Å². The average molecular weight is 297 g/mol. The molecule has 1 atom stereocenters. The van der Waals surface area contributed by atoms with Crippen LogP contribution in [0.3, 0.4) is 0 Å². The van der Waals surface area contributed by atoms with E-state index < -0.39 is 0 Å². The molecule has 106 valence electrons. The Morgan fingerprint density at radius 3 is 2.86 bits per heavy atom. The molecule has 1 amide bonds. The van der Waals surface area contributed by atoms with E-state index in [-0.39, 0.29) is 11.2 Å². The first-order valence-electron chi connectivity index (χ1n) is 6.68. The van der Waals surface area contributed by atoms with Gasteiger partial charge in [0.1, 0.15) is 0 Å². The van der Waals surface area contributed by atoms with Crippen LogP contribution in [0, 0.1) is 0 Å². The van der Waals surface area contributed by atoms with Gasteiger partial charge >= 0.3 is 0 Å². The lowest BCUT2D eigenvalue weighted by Crippen LogP contribution is -2.22. The van der Waals surface area contributed by atoms with E-state index in [0.717, 1.165) is 21.5 Å². The zero-order chi connectivity index (χ0) is 14.7. The maximum atomic E-state index is 12.2. The van der Waals surface area contributed by atoms with E-state index in [1.54, 1.807) is 18.0 Å². The molecule has 3 rings (SSSR count). The minimum Gasteiger partial charge on any atom is -0.325 e. The van der Waals surface area contributed by atoms with Crippen molar-refractivity contribution in [2.45, 2.75) is 17.1 Å². The molecule has 2 aromatic carbocycles. The Morgan fingerprint density at radius 2 is 2.05 bits per heavy atom. The highest BCUT2D eigenvalue weighted by Gasteiger charge is 2.14. The zero-order valence-corrected chi connectivity index (χ0v) is 12.4. The molecule has 0 aliphatic rings. The molecule has 0 fully saturated rings. The lowest BCUT2D eigenvalue weighted by molar-refractivity contribution is -0.115. The third-order valence-electron chi connectivity index (χ3n) is 3.13. The molecule has 1 aromatic heterocycles. The number of H-pyrrole nitrogens is 1. The van der Waals surface area contributed by atoms with Crippen LogP contribution in [0.2, 0.25) is 0 Å². The first-order valence-corrected chi connectivity index (χ1v) is 7.56. The number of hydrogen-bond donors (Lipinski definition) is 2. The molecule has 21 heavy (non-hydrogen) atoms. The molecule has 0 aliphatic carbocycles. The second-order valence-corrected chi connectivity index (χ2v) is 6.15. The van der Waals surface area contributed by atoms with Crippen LogP contribution in [0.25, 0.3) is 10.9 Å². The number of aromatic amines is 1. The summed E-state index contributed by atoms with van der Waals surface area (Å²) in [4.78, 5) is 13.3. The third kappa shape index (κ3) is 3.25. The van der Waals surface area contributed by atoms with Crippen molar-refractivity contribution in [3.8, 4) is 0 Å². The molecule has 1 heterocycles. The molecule has 0 spiro atoms. The van der Waals surface area contributed by atoms with Crippen LogP contribution in [0.5, 0.6) is 0 Å². The number of rotatable bonds is 4. The van der Waals surface area contributed by atoms with E-state index >= 15 is 0 Å². The number of nitrogens with zero attached hydrogens (tertiary/aromatic N) is 1. The Balaban J connectivity index is 1.67. The van der Waals surface area contributed by atoms with Crippen molar-refractivity contribution in [3.63, 3.8) is 0 Å². The summed E-state index contributed by atoms with van der Waals surface area (Å²) in [5.74, 6) is -0.00769. The van der Waals surface area contributed by atoms with Crippen LogP contribution in [-0.4, -0.2) is 21.4 Å². The molecule has 0 aliphatic heterocycles. The van der Waals surface area contributed by atoms with Gasteiger partial charge < -0.3 is 5.32 Å². The first-order chi connectivity index (χ1) is 10.2. The summed E-state index contributed by atoms with van der Waals surface area (Å²) in [5.41, 5.74) is 1.74. The number of fused-ring (bicyclic) bond motifs is 1. The Kier molecular flexibility index (Phi) is 3.92. The van der Waals surface area contributed by atoms with Crippen LogP contribution in [0.15, 0.2) is 59.6 Å². The van der Waals surface area contributed by atoms with E-state index in [9.17, 15) is 4.79 Å². The number of thioether (sulfide) groups is 1. The highest BCUT2D eigenvalue weighted by Crippen LogP contribution is 2.24. The van der Waals surface area contributed by atoms with Crippen LogP contribution in [-0.2, 0) is 4.79 Å². The molecule has 4 nitrogen and oxygen atoms in total. The minimum absolute atomic E-state index is 0.00769. The molecule has 5 heteroatoms. The van der Waals surface area contributed by atoms with Crippen molar-refractivity contribution in [1.82, 2.24) is 10.2 Å². The molecular formula is C16H15N3OS. The number of benzene rings is 2. The number of nitrogens with one attached hydrogen (secondary N) is 2. The van der Waals surface area contributed by atoms with Gasteiger partial charge in [0.15, 0.2) is 0 Å². The Bertz CT molecular complexity index is 754. The highest BCUT2D eigenvalue weighted by molar-refractivity contribution is 8.00. The summed E-state index contributed by atoms with van der Waals surface area (Å²) in [6.07, 6.45) is 1.74. The van der Waals surface area contributed by atoms with Crippen LogP contribution >= 0.6 is 11.8 Å². The number of aromatic nitrogens is 2. The topological polar surface area (TPSA) is 57.8 Å². The number of amides is 1. The molecule has 3 aromatic rings. The lowest BCUT2D eigenvalue weighted by Gasteiger charge is -2.12. The SMILES string of the molecule is CC(Sc1ccccc1)C(=O)Nc1ccc2[nH]ncc2c1. The highest BCUT2D eigenvalue weighted by atomic mass is 32.2. The van der Waals surface area contributed by atoms with Gasteiger partial charge in [-0.25, -0.2) is 0 Å². The number of anilines is 1. The third-order valence-corrected chi connectivity index (χ3v) is 4.24. The van der Waals surface area contributed by atoms with Crippen molar-refractivity contribution < 1.29 is 4.79 Å². The second-order valence-electron chi connectivity index (χ2n) is 4.73. The number of hydrogen-bond acceptors (Lipinski definition) is 3. The minimum atomic E-state index is -0.160. The quantitative estimate of drug-likeness (QED) is 0.722. The van der Waals surface area contributed by atoms with E-state index in [0.29, 0.717) is 0 Å². The molecular weight excluding hydrogens is 282 g/mol. The Hall–Kier alpha value is -2.27. The first kappa shape index (κ1) is 13.7. The summed E-state index contributed by atoms with van der Waals surface area (Å²) in [6, 6.07) is 15.6. The van der Waals surface area contributed by atoms with Crippen LogP contribution in [0.1, 0.15) is 6.92 Å². The van der Waals surface area contributed by atoms with Gasteiger partial charge in [0, 0.05) is 16.0 Å². The number of carbonyl (C=O) groups excluding carboxylic acids is 1. The molecule has 2 N–H and O–H groups in total. The molecule has 0 saturated heterocycles. The van der Waals surface area contributed by atoms with Gasteiger partial charge in [-0.1, -0.05) is 18.2 Å². The maximum absolute atomic E-state index is 12.2. The Labute approximate surface area is 126 Å². The van der Waals surface area contributed by atoms with Crippen molar-refractivity contribution in [2.75, 3.05) is 5.32 Å². The fourth-order valence-electron chi connectivity index (χ4n) is 2.02. The molecule has 0 bridgehead atoms. The predicted molar refractivity (Wildman–Crippen MR) is 86.5 cm³/mol. The summed E-state index contributed by atoms with van der Waals surface area (Å²) in [5, 5.41) is 10.6. The van der Waals surface area contributed by atoms with E-state index in [4.69, 9.17) is 0 Å². The van der Waals surface area contributed by atoms with Crippen LogP contribution in [0.4, 0.5) is 5.69 Å². The zero-order valence-electron chi connectivity index (χ0n) is 11.5. The van der Waals surface area contributed by atoms with Gasteiger partial charge in [0.05, 0.1) is 17.0 Å². The van der Waals surface area contributed by atoms with Crippen molar-refractivity contribution in [2.24, 2.45) is 0 Å². The summed E-state index contributed by atoms with van der Waals surface area (Å²) < 4.78 is 0. The van der Waals surface area contributed by atoms with E-state index in [2.05, 4.69) is 15.5 Å². The summed E-state index contributed by atoms with van der Waals surface area (Å²) >= 11 is 1.55. The van der Waals surface area contributed by atoms with Crippen LogP contribution < -0.4 is 5.32 Å². The smallest absolute Gasteiger partial charge is 0.237 e. The largest absolute Gasteiger partial charge is 0.325 e.